The molecule has 0 radical (unpaired) electrons. The van der Waals surface area contributed by atoms with Crippen LogP contribution in [0.5, 0.6) is 0 Å². The number of urea groups is 1. The topological polar surface area (TPSA) is 68.4 Å². The third kappa shape index (κ3) is 6.62. The molecule has 1 N–H and O–H groups in total. The Balaban J connectivity index is 0.00000196. The lowest BCUT2D eigenvalue weighted by molar-refractivity contribution is -0.146. The third-order valence-electron chi connectivity index (χ3n) is 5.81. The lowest BCUT2D eigenvalue weighted by atomic mass is 10.0. The van der Waals surface area contributed by atoms with Gasteiger partial charge in [-0.1, -0.05) is 6.42 Å². The number of hydrazine groups is 1. The molecule has 3 heterocycles. The summed E-state index contributed by atoms with van der Waals surface area (Å²) in [4.78, 5) is 29.4. The van der Waals surface area contributed by atoms with Crippen LogP contribution in [0.4, 0.5) is 4.79 Å². The van der Waals surface area contributed by atoms with Gasteiger partial charge in [-0.05, 0) is 38.8 Å². The van der Waals surface area contributed by atoms with E-state index in [2.05, 4.69) is 10.2 Å². The number of carbonyl (C=O) groups excluding carboxylic acids is 2. The number of piperazine rings is 1. The zero-order chi connectivity index (χ0) is 18.4. The monoisotopic (exact) mass is 439 g/mol. The second kappa shape index (κ2) is 12.7. The third-order valence-corrected chi connectivity index (χ3v) is 5.81. The van der Waals surface area contributed by atoms with Crippen LogP contribution in [0.15, 0.2) is 0 Å². The molecule has 0 aromatic rings. The fraction of sp³-hybridized carbons (Fsp3) is 0.889. The molecular weight excluding hydrogens is 405 g/mol. The predicted molar refractivity (Wildman–Crippen MR) is 113 cm³/mol. The minimum absolute atomic E-state index is 0. The van der Waals surface area contributed by atoms with Gasteiger partial charge in [0.2, 0.25) is 0 Å². The van der Waals surface area contributed by atoms with Gasteiger partial charge in [0.15, 0.2) is 0 Å². The van der Waals surface area contributed by atoms with E-state index in [1.54, 1.807) is 5.01 Å². The van der Waals surface area contributed by atoms with Crippen molar-refractivity contribution < 1.29 is 14.3 Å². The maximum absolute atomic E-state index is 13.1. The maximum Gasteiger partial charge on any atom is 0.335 e. The molecule has 3 fully saturated rings. The van der Waals surface area contributed by atoms with Crippen LogP contribution in [0.25, 0.3) is 0 Å². The molecule has 0 saturated carbocycles. The SMILES string of the molecule is COC(=O)CN(C(=O)N1CCN(C2CCNCC2)CC1)N1CCCCC1.Cl.Cl. The first kappa shape index (κ1) is 25.2. The number of carbonyl (C=O) groups is 2. The number of nitrogens with zero attached hydrogens (tertiary/aromatic N) is 4. The minimum atomic E-state index is -0.364. The van der Waals surface area contributed by atoms with E-state index >= 15 is 0 Å². The van der Waals surface area contributed by atoms with Crippen LogP contribution < -0.4 is 5.32 Å². The molecule has 10 heteroatoms. The van der Waals surface area contributed by atoms with Crippen LogP contribution in [0.1, 0.15) is 32.1 Å². The van der Waals surface area contributed by atoms with Gasteiger partial charge in [-0.3, -0.25) is 9.69 Å². The quantitative estimate of drug-likeness (QED) is 0.663. The Morgan fingerprint density at radius 1 is 0.964 bits per heavy atom. The molecule has 2 amide bonds. The lowest BCUT2D eigenvalue weighted by Crippen LogP contribution is -2.60. The molecule has 3 aliphatic heterocycles. The second-order valence-electron chi connectivity index (χ2n) is 7.43. The van der Waals surface area contributed by atoms with E-state index in [0.717, 1.165) is 65.2 Å². The summed E-state index contributed by atoms with van der Waals surface area (Å²) in [6.45, 7) is 7.14. The molecule has 28 heavy (non-hydrogen) atoms. The van der Waals surface area contributed by atoms with E-state index in [-0.39, 0.29) is 43.4 Å². The van der Waals surface area contributed by atoms with Gasteiger partial charge in [-0.25, -0.2) is 14.8 Å². The second-order valence-corrected chi connectivity index (χ2v) is 7.43. The number of esters is 1. The van der Waals surface area contributed by atoms with Crippen molar-refractivity contribution in [3.63, 3.8) is 0 Å². The molecule has 0 unspecified atom stereocenters. The Hall–Kier alpha value is -0.800. The van der Waals surface area contributed by atoms with Crippen molar-refractivity contribution in [2.75, 3.05) is 66.0 Å². The Morgan fingerprint density at radius 3 is 2.14 bits per heavy atom. The van der Waals surface area contributed by atoms with Crippen LogP contribution in [0.3, 0.4) is 0 Å². The fourth-order valence-electron chi connectivity index (χ4n) is 4.21. The zero-order valence-electron chi connectivity index (χ0n) is 16.8. The number of ether oxygens (including phenoxy) is 1. The highest BCUT2D eigenvalue weighted by molar-refractivity contribution is 5.85. The summed E-state index contributed by atoms with van der Waals surface area (Å²) in [5.74, 6) is -0.364. The number of halogens is 2. The number of piperidine rings is 2. The van der Waals surface area contributed by atoms with Gasteiger partial charge < -0.3 is 15.0 Å². The van der Waals surface area contributed by atoms with Crippen molar-refractivity contribution in [3.05, 3.63) is 0 Å². The van der Waals surface area contributed by atoms with E-state index in [4.69, 9.17) is 4.74 Å². The van der Waals surface area contributed by atoms with Gasteiger partial charge in [0, 0.05) is 45.3 Å². The number of amides is 2. The number of methoxy groups -OCH3 is 1. The van der Waals surface area contributed by atoms with Gasteiger partial charge in [0.25, 0.3) is 0 Å². The summed E-state index contributed by atoms with van der Waals surface area (Å²) in [6, 6.07) is 0.587. The zero-order valence-corrected chi connectivity index (χ0v) is 18.4. The van der Waals surface area contributed by atoms with Crippen molar-refractivity contribution in [2.45, 2.75) is 38.1 Å². The Labute approximate surface area is 180 Å². The molecule has 0 aliphatic carbocycles. The predicted octanol–water partition coefficient (Wildman–Crippen LogP) is 1.20. The first-order valence-corrected chi connectivity index (χ1v) is 10.0. The Kier molecular flexibility index (Phi) is 11.4. The molecule has 8 nitrogen and oxygen atoms in total. The molecule has 3 saturated heterocycles. The Bertz CT molecular complexity index is 480. The first-order valence-electron chi connectivity index (χ1n) is 10.0. The molecule has 164 valence electrons. The molecular formula is C18H35Cl2N5O3. The normalized spacial score (nSPS) is 22.0. The number of nitrogens with one attached hydrogen (secondary N) is 1. The number of hydrogen-bond donors (Lipinski definition) is 1. The molecule has 0 atom stereocenters. The van der Waals surface area contributed by atoms with E-state index in [9.17, 15) is 9.59 Å². The standard InChI is InChI=1S/C18H33N5O3.2ClH/c1-26-17(24)15-23(22-9-3-2-4-10-22)18(25)21-13-11-20(12-14-21)16-5-7-19-8-6-16;;/h16,19H,2-15H2,1H3;2*1H. The van der Waals surface area contributed by atoms with E-state index in [0.29, 0.717) is 6.04 Å². The maximum atomic E-state index is 13.1. The van der Waals surface area contributed by atoms with Crippen molar-refractivity contribution >= 4 is 36.8 Å². The lowest BCUT2D eigenvalue weighted by Gasteiger charge is -2.44. The van der Waals surface area contributed by atoms with Crippen LogP contribution in [-0.2, 0) is 9.53 Å². The fourth-order valence-corrected chi connectivity index (χ4v) is 4.21. The van der Waals surface area contributed by atoms with Crippen LogP contribution in [0.2, 0.25) is 0 Å². The summed E-state index contributed by atoms with van der Waals surface area (Å²) < 4.78 is 4.81. The summed E-state index contributed by atoms with van der Waals surface area (Å²) in [5, 5.41) is 7.05. The molecule has 0 bridgehead atoms. The first-order chi connectivity index (χ1) is 12.7. The van der Waals surface area contributed by atoms with Gasteiger partial charge in [-0.15, -0.1) is 24.8 Å². The number of rotatable bonds is 4. The molecule has 3 aliphatic rings. The Morgan fingerprint density at radius 2 is 1.57 bits per heavy atom. The van der Waals surface area contributed by atoms with Gasteiger partial charge in [0.1, 0.15) is 6.54 Å². The molecule has 3 rings (SSSR count). The summed E-state index contributed by atoms with van der Waals surface area (Å²) in [5.41, 5.74) is 0. The highest BCUT2D eigenvalue weighted by Gasteiger charge is 2.32. The molecule has 0 aromatic carbocycles. The van der Waals surface area contributed by atoms with E-state index in [1.165, 1.54) is 26.4 Å². The number of hydrogen-bond acceptors (Lipinski definition) is 6. The summed E-state index contributed by atoms with van der Waals surface area (Å²) in [6.07, 6.45) is 5.70. The highest BCUT2D eigenvalue weighted by Crippen LogP contribution is 2.18. The van der Waals surface area contributed by atoms with E-state index in [1.807, 2.05) is 9.91 Å². The highest BCUT2D eigenvalue weighted by atomic mass is 35.5. The van der Waals surface area contributed by atoms with Crippen LogP contribution >= 0.6 is 24.8 Å². The van der Waals surface area contributed by atoms with Crippen molar-refractivity contribution in [1.29, 1.82) is 0 Å². The minimum Gasteiger partial charge on any atom is -0.468 e. The van der Waals surface area contributed by atoms with E-state index < -0.39 is 0 Å². The van der Waals surface area contributed by atoms with Gasteiger partial charge >= 0.3 is 12.0 Å². The van der Waals surface area contributed by atoms with Crippen LogP contribution in [0, 0.1) is 0 Å². The molecule has 0 aromatic heterocycles. The average molecular weight is 440 g/mol. The smallest absolute Gasteiger partial charge is 0.335 e. The van der Waals surface area contributed by atoms with Crippen molar-refractivity contribution in [3.8, 4) is 0 Å². The molecule has 0 spiro atoms. The largest absolute Gasteiger partial charge is 0.468 e. The van der Waals surface area contributed by atoms with Crippen LogP contribution in [-0.4, -0.2) is 104 Å². The summed E-state index contributed by atoms with van der Waals surface area (Å²) >= 11 is 0. The average Bonchev–Trinajstić information content (AvgIpc) is 2.72. The summed E-state index contributed by atoms with van der Waals surface area (Å²) in [7, 11) is 1.37. The van der Waals surface area contributed by atoms with Crippen molar-refractivity contribution in [1.82, 2.24) is 25.1 Å². The van der Waals surface area contributed by atoms with Gasteiger partial charge in [0.05, 0.1) is 7.11 Å². The van der Waals surface area contributed by atoms with Gasteiger partial charge in [-0.2, -0.15) is 0 Å². The van der Waals surface area contributed by atoms with Crippen molar-refractivity contribution in [2.24, 2.45) is 0 Å².